The standard InChI is InChI=1S/C6H9N3O2S.ClH/c1-11-5(10)2-4-3-12-6(7)9-8-4;/h2-3H2,1H3,(H2,7,9);1H. The van der Waals surface area contributed by atoms with Crippen molar-refractivity contribution < 1.29 is 9.53 Å². The van der Waals surface area contributed by atoms with Crippen molar-refractivity contribution >= 4 is 41.0 Å². The lowest BCUT2D eigenvalue weighted by Crippen LogP contribution is -2.18. The number of rotatable bonds is 2. The van der Waals surface area contributed by atoms with Gasteiger partial charge in [-0.25, -0.2) is 0 Å². The quantitative estimate of drug-likeness (QED) is 0.687. The summed E-state index contributed by atoms with van der Waals surface area (Å²) < 4.78 is 4.47. The predicted octanol–water partition coefficient (Wildman–Crippen LogP) is 0.389. The number of esters is 1. The maximum atomic E-state index is 10.8. The Bertz CT molecular complexity index is 254. The predicted molar refractivity (Wildman–Crippen MR) is 55.4 cm³/mol. The van der Waals surface area contributed by atoms with E-state index in [1.54, 1.807) is 0 Å². The first-order valence-electron chi connectivity index (χ1n) is 3.31. The fraction of sp³-hybridized carbons (Fsp3) is 0.500. The van der Waals surface area contributed by atoms with Gasteiger partial charge in [0.15, 0.2) is 5.17 Å². The van der Waals surface area contributed by atoms with E-state index in [0.29, 0.717) is 16.6 Å². The Kier molecular flexibility index (Phi) is 5.48. The van der Waals surface area contributed by atoms with Crippen LogP contribution in [0.5, 0.6) is 0 Å². The number of nitrogens with zero attached hydrogens (tertiary/aromatic N) is 2. The lowest BCUT2D eigenvalue weighted by atomic mass is 10.3. The van der Waals surface area contributed by atoms with Gasteiger partial charge in [0.25, 0.3) is 0 Å². The molecular weight excluding hydrogens is 214 g/mol. The minimum absolute atomic E-state index is 0. The molecule has 0 fully saturated rings. The van der Waals surface area contributed by atoms with Gasteiger partial charge in [0.1, 0.15) is 0 Å². The molecule has 0 amide bonds. The van der Waals surface area contributed by atoms with Gasteiger partial charge in [-0.2, -0.15) is 5.10 Å². The molecule has 7 heteroatoms. The van der Waals surface area contributed by atoms with Crippen LogP contribution in [-0.2, 0) is 9.53 Å². The molecule has 0 aromatic heterocycles. The first-order valence-corrected chi connectivity index (χ1v) is 4.29. The Morgan fingerprint density at radius 3 is 2.85 bits per heavy atom. The molecule has 5 nitrogen and oxygen atoms in total. The van der Waals surface area contributed by atoms with E-state index in [-0.39, 0.29) is 24.8 Å². The summed E-state index contributed by atoms with van der Waals surface area (Å²) in [6.07, 6.45) is 0.195. The Labute approximate surface area is 86.2 Å². The van der Waals surface area contributed by atoms with Crippen molar-refractivity contribution in [3.8, 4) is 0 Å². The van der Waals surface area contributed by atoms with E-state index in [1.807, 2.05) is 0 Å². The zero-order valence-corrected chi connectivity index (χ0v) is 8.65. The van der Waals surface area contributed by atoms with Crippen LogP contribution in [0.25, 0.3) is 0 Å². The van der Waals surface area contributed by atoms with Gasteiger partial charge < -0.3 is 10.5 Å². The summed E-state index contributed by atoms with van der Waals surface area (Å²) in [5.41, 5.74) is 6.05. The van der Waals surface area contributed by atoms with Crippen LogP contribution in [0.3, 0.4) is 0 Å². The zero-order chi connectivity index (χ0) is 8.97. The SMILES string of the molecule is COC(=O)CC1=NN=C(N)SC1.Cl. The van der Waals surface area contributed by atoms with Gasteiger partial charge in [-0.05, 0) is 0 Å². The topological polar surface area (TPSA) is 77.0 Å². The summed E-state index contributed by atoms with van der Waals surface area (Å²) in [5, 5.41) is 7.83. The summed E-state index contributed by atoms with van der Waals surface area (Å²) in [6, 6.07) is 0. The Morgan fingerprint density at radius 2 is 2.38 bits per heavy atom. The number of nitrogens with two attached hydrogens (primary N) is 1. The smallest absolute Gasteiger partial charge is 0.311 e. The average Bonchev–Trinajstić information content (AvgIpc) is 2.09. The van der Waals surface area contributed by atoms with Gasteiger partial charge in [-0.1, -0.05) is 11.8 Å². The van der Waals surface area contributed by atoms with Gasteiger partial charge >= 0.3 is 5.97 Å². The van der Waals surface area contributed by atoms with Crippen molar-refractivity contribution in [2.24, 2.45) is 15.9 Å². The Morgan fingerprint density at radius 1 is 1.69 bits per heavy atom. The summed E-state index contributed by atoms with van der Waals surface area (Å²) in [6.45, 7) is 0. The zero-order valence-electron chi connectivity index (χ0n) is 7.02. The molecule has 0 aliphatic carbocycles. The van der Waals surface area contributed by atoms with Gasteiger partial charge in [-0.15, -0.1) is 17.5 Å². The highest BCUT2D eigenvalue weighted by Crippen LogP contribution is 2.09. The third-order valence-corrected chi connectivity index (χ3v) is 2.11. The Balaban J connectivity index is 0.00000144. The van der Waals surface area contributed by atoms with Crippen molar-refractivity contribution in [3.63, 3.8) is 0 Å². The molecule has 0 aromatic carbocycles. The number of carbonyl (C=O) groups is 1. The van der Waals surface area contributed by atoms with E-state index in [9.17, 15) is 4.79 Å². The van der Waals surface area contributed by atoms with Gasteiger partial charge in [0.2, 0.25) is 0 Å². The number of amidine groups is 1. The second-order valence-corrected chi connectivity index (χ2v) is 3.14. The lowest BCUT2D eigenvalue weighted by molar-refractivity contribution is -0.139. The number of carbonyl (C=O) groups excluding carboxylic acids is 1. The van der Waals surface area contributed by atoms with Crippen LogP contribution >= 0.6 is 24.2 Å². The van der Waals surface area contributed by atoms with Gasteiger partial charge in [0, 0.05) is 5.75 Å². The van der Waals surface area contributed by atoms with Crippen LogP contribution in [0.1, 0.15) is 6.42 Å². The molecule has 2 N–H and O–H groups in total. The van der Waals surface area contributed by atoms with E-state index in [1.165, 1.54) is 18.9 Å². The van der Waals surface area contributed by atoms with Crippen molar-refractivity contribution in [3.05, 3.63) is 0 Å². The number of thioether (sulfide) groups is 1. The monoisotopic (exact) mass is 223 g/mol. The summed E-state index contributed by atoms with van der Waals surface area (Å²) in [7, 11) is 1.34. The van der Waals surface area contributed by atoms with Gasteiger partial charge in [-0.3, -0.25) is 4.79 Å². The molecule has 1 heterocycles. The van der Waals surface area contributed by atoms with E-state index >= 15 is 0 Å². The second kappa shape index (κ2) is 5.82. The summed E-state index contributed by atoms with van der Waals surface area (Å²) in [5.74, 6) is 0.315. The minimum Gasteiger partial charge on any atom is -0.469 e. The lowest BCUT2D eigenvalue weighted by Gasteiger charge is -2.06. The molecule has 0 saturated heterocycles. The minimum atomic E-state index is -0.301. The van der Waals surface area contributed by atoms with Crippen molar-refractivity contribution in [1.82, 2.24) is 0 Å². The molecule has 1 rings (SSSR count). The van der Waals surface area contributed by atoms with Crippen LogP contribution < -0.4 is 5.73 Å². The van der Waals surface area contributed by atoms with Gasteiger partial charge in [0.05, 0.1) is 19.2 Å². The summed E-state index contributed by atoms with van der Waals surface area (Å²) >= 11 is 1.37. The molecule has 1 aliphatic heterocycles. The van der Waals surface area contributed by atoms with Crippen molar-refractivity contribution in [2.45, 2.75) is 6.42 Å². The molecule has 0 radical (unpaired) electrons. The normalized spacial score (nSPS) is 15.2. The maximum absolute atomic E-state index is 10.8. The second-order valence-electron chi connectivity index (χ2n) is 2.15. The average molecular weight is 224 g/mol. The third kappa shape index (κ3) is 4.14. The van der Waals surface area contributed by atoms with E-state index in [4.69, 9.17) is 5.73 Å². The molecule has 0 bridgehead atoms. The first-order chi connectivity index (χ1) is 5.72. The number of ether oxygens (including phenoxy) is 1. The molecule has 0 aromatic rings. The van der Waals surface area contributed by atoms with Crippen molar-refractivity contribution in [2.75, 3.05) is 12.9 Å². The molecule has 0 atom stereocenters. The Hall–Kier alpha value is -0.750. The molecule has 0 spiro atoms. The van der Waals surface area contributed by atoms with E-state index in [0.717, 1.165) is 0 Å². The highest BCUT2D eigenvalue weighted by molar-refractivity contribution is 8.14. The maximum Gasteiger partial charge on any atom is 0.311 e. The highest BCUT2D eigenvalue weighted by Gasteiger charge is 2.11. The highest BCUT2D eigenvalue weighted by atomic mass is 35.5. The fourth-order valence-electron chi connectivity index (χ4n) is 0.660. The fourth-order valence-corrected chi connectivity index (χ4v) is 1.23. The van der Waals surface area contributed by atoms with Crippen LogP contribution in [0.2, 0.25) is 0 Å². The molecule has 0 unspecified atom stereocenters. The number of hydrogen-bond donors (Lipinski definition) is 1. The van der Waals surface area contributed by atoms with Crippen LogP contribution in [0.15, 0.2) is 10.2 Å². The molecule has 13 heavy (non-hydrogen) atoms. The number of halogens is 1. The first kappa shape index (κ1) is 12.2. The van der Waals surface area contributed by atoms with Crippen LogP contribution in [0.4, 0.5) is 0 Å². The number of hydrogen-bond acceptors (Lipinski definition) is 6. The van der Waals surface area contributed by atoms with E-state index in [2.05, 4.69) is 14.9 Å². The van der Waals surface area contributed by atoms with Crippen LogP contribution in [-0.4, -0.2) is 29.7 Å². The third-order valence-electron chi connectivity index (χ3n) is 1.25. The number of methoxy groups -OCH3 is 1. The van der Waals surface area contributed by atoms with Crippen molar-refractivity contribution in [1.29, 1.82) is 0 Å². The van der Waals surface area contributed by atoms with Crippen LogP contribution in [0, 0.1) is 0 Å². The summed E-state index contributed by atoms with van der Waals surface area (Å²) in [4.78, 5) is 10.8. The molecule has 1 aliphatic rings. The molecule has 74 valence electrons. The largest absolute Gasteiger partial charge is 0.469 e. The van der Waals surface area contributed by atoms with E-state index < -0.39 is 0 Å². The molecular formula is C6H10ClN3O2S. The molecule has 0 saturated carbocycles.